The first-order valence-electron chi connectivity index (χ1n) is 5.51. The summed E-state index contributed by atoms with van der Waals surface area (Å²) < 4.78 is 0. The average molecular weight is 184 g/mol. The lowest BCUT2D eigenvalue weighted by Gasteiger charge is -2.36. The van der Waals surface area contributed by atoms with E-state index in [1.807, 2.05) is 0 Å². The van der Waals surface area contributed by atoms with Crippen molar-refractivity contribution in [1.29, 1.82) is 0 Å². The van der Waals surface area contributed by atoms with Crippen LogP contribution in [0, 0.1) is 5.92 Å². The summed E-state index contributed by atoms with van der Waals surface area (Å²) in [6.07, 6.45) is 3.64. The van der Waals surface area contributed by atoms with Crippen molar-refractivity contribution in [1.82, 2.24) is 4.90 Å². The molecule has 0 radical (unpaired) electrons. The zero-order valence-electron chi connectivity index (χ0n) is 9.34. The highest BCUT2D eigenvalue weighted by Gasteiger charge is 2.25. The molecule has 1 saturated heterocycles. The zero-order valence-corrected chi connectivity index (χ0v) is 9.34. The van der Waals surface area contributed by atoms with E-state index in [-0.39, 0.29) is 5.54 Å². The second-order valence-electron chi connectivity index (χ2n) is 5.18. The molecule has 0 saturated carbocycles. The Morgan fingerprint density at radius 1 is 1.31 bits per heavy atom. The molecule has 2 heteroatoms. The molecule has 0 aromatic rings. The quantitative estimate of drug-likeness (QED) is 0.725. The molecule has 1 aliphatic heterocycles. The molecule has 0 unspecified atom stereocenters. The summed E-state index contributed by atoms with van der Waals surface area (Å²) >= 11 is 0. The van der Waals surface area contributed by atoms with Gasteiger partial charge in [-0.15, -0.1) is 0 Å². The van der Waals surface area contributed by atoms with Crippen molar-refractivity contribution < 1.29 is 0 Å². The molecule has 0 aliphatic carbocycles. The Kier molecular flexibility index (Phi) is 3.74. The molecule has 2 nitrogen and oxygen atoms in total. The lowest BCUT2D eigenvalue weighted by molar-refractivity contribution is 0.165. The maximum absolute atomic E-state index is 6.07. The molecular formula is C11H24N2. The largest absolute Gasteiger partial charge is 0.325 e. The van der Waals surface area contributed by atoms with Gasteiger partial charge in [0.1, 0.15) is 0 Å². The Balaban J connectivity index is 2.18. The van der Waals surface area contributed by atoms with Crippen LogP contribution in [0.2, 0.25) is 0 Å². The molecule has 1 aliphatic rings. The van der Waals surface area contributed by atoms with E-state index in [4.69, 9.17) is 5.73 Å². The number of likely N-dealkylation sites (tertiary alicyclic amines) is 1. The second kappa shape index (κ2) is 4.43. The standard InChI is InChI=1S/C11H24N2/c1-10(2)4-7-13-8-5-11(3,12)6-9-13/h10H,4-9,12H2,1-3H3. The van der Waals surface area contributed by atoms with Crippen molar-refractivity contribution >= 4 is 0 Å². The van der Waals surface area contributed by atoms with Gasteiger partial charge in [-0.05, 0) is 51.7 Å². The van der Waals surface area contributed by atoms with Gasteiger partial charge in [-0.25, -0.2) is 0 Å². The molecule has 0 bridgehead atoms. The number of nitrogens with zero attached hydrogens (tertiary/aromatic N) is 1. The molecule has 0 spiro atoms. The fourth-order valence-corrected chi connectivity index (χ4v) is 1.73. The Hall–Kier alpha value is -0.0800. The molecule has 1 rings (SSSR count). The highest BCUT2D eigenvalue weighted by Crippen LogP contribution is 2.19. The molecule has 0 aromatic carbocycles. The smallest absolute Gasteiger partial charge is 0.0150 e. The van der Waals surface area contributed by atoms with E-state index < -0.39 is 0 Å². The second-order valence-corrected chi connectivity index (χ2v) is 5.18. The predicted octanol–water partition coefficient (Wildman–Crippen LogP) is 1.85. The lowest BCUT2D eigenvalue weighted by Crippen LogP contribution is -2.48. The van der Waals surface area contributed by atoms with Crippen LogP contribution in [0.4, 0.5) is 0 Å². The van der Waals surface area contributed by atoms with Gasteiger partial charge in [0.15, 0.2) is 0 Å². The van der Waals surface area contributed by atoms with Crippen molar-refractivity contribution in [3.8, 4) is 0 Å². The van der Waals surface area contributed by atoms with Gasteiger partial charge in [0.25, 0.3) is 0 Å². The topological polar surface area (TPSA) is 29.3 Å². The summed E-state index contributed by atoms with van der Waals surface area (Å²) in [5.41, 5.74) is 6.17. The average Bonchev–Trinajstić information content (AvgIpc) is 2.02. The van der Waals surface area contributed by atoms with Crippen LogP contribution in [0.3, 0.4) is 0 Å². The molecule has 0 aromatic heterocycles. The fourth-order valence-electron chi connectivity index (χ4n) is 1.73. The first-order chi connectivity index (χ1) is 5.99. The molecule has 13 heavy (non-hydrogen) atoms. The van der Waals surface area contributed by atoms with Crippen LogP contribution in [0.1, 0.15) is 40.0 Å². The summed E-state index contributed by atoms with van der Waals surface area (Å²) in [4.78, 5) is 2.55. The molecule has 0 atom stereocenters. The van der Waals surface area contributed by atoms with Crippen LogP contribution in [0.25, 0.3) is 0 Å². The third-order valence-corrected chi connectivity index (χ3v) is 3.02. The van der Waals surface area contributed by atoms with Crippen molar-refractivity contribution in [2.75, 3.05) is 19.6 Å². The van der Waals surface area contributed by atoms with Gasteiger partial charge < -0.3 is 10.6 Å². The van der Waals surface area contributed by atoms with Crippen molar-refractivity contribution in [2.24, 2.45) is 11.7 Å². The van der Waals surface area contributed by atoms with Gasteiger partial charge in [-0.2, -0.15) is 0 Å². The summed E-state index contributed by atoms with van der Waals surface area (Å²) in [5, 5.41) is 0. The Bertz CT molecular complexity index is 139. The number of hydrogen-bond acceptors (Lipinski definition) is 2. The normalized spacial score (nSPS) is 23.8. The highest BCUT2D eigenvalue weighted by atomic mass is 15.1. The van der Waals surface area contributed by atoms with Crippen LogP contribution >= 0.6 is 0 Å². The van der Waals surface area contributed by atoms with E-state index in [0.29, 0.717) is 0 Å². The molecule has 1 heterocycles. The lowest BCUT2D eigenvalue weighted by atomic mass is 9.91. The minimum absolute atomic E-state index is 0.105. The van der Waals surface area contributed by atoms with Gasteiger partial charge in [-0.1, -0.05) is 13.8 Å². The number of nitrogens with two attached hydrogens (primary N) is 1. The zero-order chi connectivity index (χ0) is 9.90. The van der Waals surface area contributed by atoms with Crippen LogP contribution < -0.4 is 5.73 Å². The first kappa shape index (κ1) is 11.0. The Labute approximate surface area is 82.5 Å². The predicted molar refractivity (Wildman–Crippen MR) is 57.7 cm³/mol. The number of rotatable bonds is 3. The molecule has 2 N–H and O–H groups in total. The summed E-state index contributed by atoms with van der Waals surface area (Å²) in [5.74, 6) is 0.825. The molecular weight excluding hydrogens is 160 g/mol. The fraction of sp³-hybridized carbons (Fsp3) is 1.00. The summed E-state index contributed by atoms with van der Waals surface area (Å²) in [7, 11) is 0. The summed E-state index contributed by atoms with van der Waals surface area (Å²) in [6.45, 7) is 10.4. The van der Waals surface area contributed by atoms with Crippen molar-refractivity contribution in [2.45, 2.75) is 45.6 Å². The SMILES string of the molecule is CC(C)CCN1CCC(C)(N)CC1. The third kappa shape index (κ3) is 4.10. The number of piperidine rings is 1. The van der Waals surface area contributed by atoms with Crippen LogP contribution in [-0.2, 0) is 0 Å². The van der Waals surface area contributed by atoms with Crippen LogP contribution in [0.15, 0.2) is 0 Å². The first-order valence-corrected chi connectivity index (χ1v) is 5.51. The maximum Gasteiger partial charge on any atom is 0.0150 e. The third-order valence-electron chi connectivity index (χ3n) is 3.02. The van der Waals surface area contributed by atoms with E-state index in [0.717, 1.165) is 18.8 Å². The minimum Gasteiger partial charge on any atom is -0.325 e. The number of hydrogen-bond donors (Lipinski definition) is 1. The van der Waals surface area contributed by atoms with Gasteiger partial charge in [0.2, 0.25) is 0 Å². The molecule has 1 fully saturated rings. The van der Waals surface area contributed by atoms with E-state index in [2.05, 4.69) is 25.7 Å². The van der Waals surface area contributed by atoms with Crippen LogP contribution in [-0.4, -0.2) is 30.1 Å². The van der Waals surface area contributed by atoms with E-state index in [1.165, 1.54) is 26.1 Å². The van der Waals surface area contributed by atoms with Gasteiger partial charge in [-0.3, -0.25) is 0 Å². The van der Waals surface area contributed by atoms with Gasteiger partial charge >= 0.3 is 0 Å². The Morgan fingerprint density at radius 2 is 1.85 bits per heavy atom. The van der Waals surface area contributed by atoms with E-state index in [1.54, 1.807) is 0 Å². The van der Waals surface area contributed by atoms with E-state index >= 15 is 0 Å². The van der Waals surface area contributed by atoms with Gasteiger partial charge in [0, 0.05) is 5.54 Å². The van der Waals surface area contributed by atoms with Crippen molar-refractivity contribution in [3.05, 3.63) is 0 Å². The minimum atomic E-state index is 0.105. The van der Waals surface area contributed by atoms with Crippen molar-refractivity contribution in [3.63, 3.8) is 0 Å². The monoisotopic (exact) mass is 184 g/mol. The maximum atomic E-state index is 6.07. The van der Waals surface area contributed by atoms with Crippen LogP contribution in [0.5, 0.6) is 0 Å². The molecule has 0 amide bonds. The highest BCUT2D eigenvalue weighted by molar-refractivity contribution is 4.85. The molecule has 78 valence electrons. The summed E-state index contributed by atoms with van der Waals surface area (Å²) in [6, 6.07) is 0. The Morgan fingerprint density at radius 3 is 2.31 bits per heavy atom. The van der Waals surface area contributed by atoms with E-state index in [9.17, 15) is 0 Å². The van der Waals surface area contributed by atoms with Gasteiger partial charge in [0.05, 0.1) is 0 Å².